The van der Waals surface area contributed by atoms with Gasteiger partial charge in [-0.15, -0.1) is 0 Å². The van der Waals surface area contributed by atoms with Crippen molar-refractivity contribution in [1.29, 1.82) is 0 Å². The molecule has 109 valence electrons. The first-order valence-electron chi connectivity index (χ1n) is 5.27. The molecule has 1 aliphatic rings. The van der Waals surface area contributed by atoms with E-state index in [2.05, 4.69) is 0 Å². The first kappa shape index (κ1) is 14.8. The van der Waals surface area contributed by atoms with Gasteiger partial charge in [-0.1, -0.05) is 30.3 Å². The predicted octanol–water partition coefficient (Wildman–Crippen LogP) is 4.17. The maximum absolute atomic E-state index is 13.6. The Hall–Kier alpha value is -1.57. The minimum Gasteiger partial charge on any atom is -0.213 e. The van der Waals surface area contributed by atoms with Crippen molar-refractivity contribution in [2.45, 2.75) is 23.6 Å². The van der Waals surface area contributed by atoms with Crippen molar-refractivity contribution >= 4 is 6.08 Å². The molecule has 0 saturated heterocycles. The second-order valence-corrected chi connectivity index (χ2v) is 4.30. The molecule has 0 aliphatic heterocycles. The quantitative estimate of drug-likeness (QED) is 0.730. The largest absolute Gasteiger partial charge is 0.460 e. The maximum atomic E-state index is 13.6. The number of hydrogen-bond acceptors (Lipinski definition) is 0. The second kappa shape index (κ2) is 3.97. The zero-order valence-electron chi connectivity index (χ0n) is 9.52. The lowest BCUT2D eigenvalue weighted by atomic mass is 9.85. The van der Waals surface area contributed by atoms with Crippen LogP contribution in [-0.4, -0.2) is 18.0 Å². The fraction of sp³-hybridized carbons (Fsp3) is 0.333. The molecular weight excluding hydrogens is 293 g/mol. The van der Waals surface area contributed by atoms with E-state index >= 15 is 0 Å². The summed E-state index contributed by atoms with van der Waals surface area (Å²) in [6.07, 6.45) is -5.58. The molecule has 1 unspecified atom stereocenters. The van der Waals surface area contributed by atoms with Crippen LogP contribution >= 0.6 is 0 Å². The molecule has 2 rings (SSSR count). The molecule has 0 N–H and O–H groups in total. The molecule has 1 aliphatic carbocycles. The third-order valence-electron chi connectivity index (χ3n) is 3.08. The molecule has 0 bridgehead atoms. The SMILES string of the molecule is [O]C1(C(F)(F)C(F)(F)C(F)(F)F)C=Cc2ccccc21. The van der Waals surface area contributed by atoms with Gasteiger partial charge in [0.2, 0.25) is 5.60 Å². The minimum atomic E-state index is -6.53. The molecule has 1 aromatic carbocycles. The van der Waals surface area contributed by atoms with Crippen LogP contribution in [0.4, 0.5) is 30.7 Å². The predicted molar refractivity (Wildman–Crippen MR) is 53.8 cm³/mol. The summed E-state index contributed by atoms with van der Waals surface area (Å²) >= 11 is 0. The van der Waals surface area contributed by atoms with E-state index in [1.54, 1.807) is 0 Å². The summed E-state index contributed by atoms with van der Waals surface area (Å²) in [6.45, 7) is 0. The summed E-state index contributed by atoms with van der Waals surface area (Å²) in [4.78, 5) is 0. The van der Waals surface area contributed by atoms with Crippen molar-refractivity contribution in [3.8, 4) is 0 Å². The maximum Gasteiger partial charge on any atom is 0.460 e. The Labute approximate surface area is 108 Å². The smallest absolute Gasteiger partial charge is 0.213 e. The average Bonchev–Trinajstić information content (AvgIpc) is 2.68. The van der Waals surface area contributed by atoms with Gasteiger partial charge < -0.3 is 0 Å². The first-order chi connectivity index (χ1) is 8.95. The van der Waals surface area contributed by atoms with Gasteiger partial charge in [0, 0.05) is 5.56 Å². The third-order valence-corrected chi connectivity index (χ3v) is 3.08. The summed E-state index contributed by atoms with van der Waals surface area (Å²) in [5.41, 5.74) is -4.89. The van der Waals surface area contributed by atoms with E-state index in [4.69, 9.17) is 0 Å². The van der Waals surface area contributed by atoms with Crippen LogP contribution in [0.5, 0.6) is 0 Å². The Morgan fingerprint density at radius 2 is 1.45 bits per heavy atom. The summed E-state index contributed by atoms with van der Waals surface area (Å²) in [5, 5.41) is 12.0. The normalized spacial score (nSPS) is 23.0. The fourth-order valence-corrected chi connectivity index (χ4v) is 1.96. The number of fused-ring (bicyclic) bond motifs is 1. The van der Waals surface area contributed by atoms with Crippen molar-refractivity contribution in [2.75, 3.05) is 0 Å². The van der Waals surface area contributed by atoms with Gasteiger partial charge in [0.25, 0.3) is 0 Å². The van der Waals surface area contributed by atoms with Gasteiger partial charge in [0.1, 0.15) is 0 Å². The average molecular weight is 299 g/mol. The summed E-state index contributed by atoms with van der Waals surface area (Å²) < 4.78 is 89.7. The standard InChI is InChI=1S/C12H6F7O/c13-10(14,11(15,16)12(17,18)19)9(20)6-5-7-3-1-2-4-8(7)9/h1-6H. The molecule has 0 fully saturated rings. The highest BCUT2D eigenvalue weighted by atomic mass is 19.4. The van der Waals surface area contributed by atoms with E-state index in [-0.39, 0.29) is 11.6 Å². The highest BCUT2D eigenvalue weighted by molar-refractivity contribution is 5.65. The van der Waals surface area contributed by atoms with Gasteiger partial charge in [-0.3, -0.25) is 0 Å². The number of halogens is 7. The lowest BCUT2D eigenvalue weighted by Gasteiger charge is -2.36. The van der Waals surface area contributed by atoms with E-state index in [0.29, 0.717) is 0 Å². The molecule has 20 heavy (non-hydrogen) atoms. The molecule has 0 saturated carbocycles. The van der Waals surface area contributed by atoms with E-state index in [1.807, 2.05) is 0 Å². The monoisotopic (exact) mass is 299 g/mol. The van der Waals surface area contributed by atoms with Crippen molar-refractivity contribution in [1.82, 2.24) is 0 Å². The van der Waals surface area contributed by atoms with Crippen LogP contribution in [0.1, 0.15) is 11.1 Å². The zero-order chi connectivity index (χ0) is 15.4. The van der Waals surface area contributed by atoms with Crippen LogP contribution in [0.2, 0.25) is 0 Å². The van der Waals surface area contributed by atoms with Crippen LogP contribution < -0.4 is 0 Å². The van der Waals surface area contributed by atoms with Gasteiger partial charge in [0.15, 0.2) is 0 Å². The van der Waals surface area contributed by atoms with E-state index < -0.39 is 29.2 Å². The van der Waals surface area contributed by atoms with Crippen LogP contribution in [0, 0.1) is 0 Å². The Balaban J connectivity index is 2.59. The Morgan fingerprint density at radius 1 is 0.900 bits per heavy atom. The Bertz CT molecular complexity index is 561. The molecular formula is C12H6F7O. The molecule has 0 heterocycles. The summed E-state index contributed by atoms with van der Waals surface area (Å²) in [5.74, 6) is -12.3. The van der Waals surface area contributed by atoms with Crippen LogP contribution in [0.15, 0.2) is 30.3 Å². The molecule has 1 nitrogen and oxygen atoms in total. The van der Waals surface area contributed by atoms with Crippen molar-refractivity contribution in [3.63, 3.8) is 0 Å². The highest BCUT2D eigenvalue weighted by Crippen LogP contribution is 2.57. The fourth-order valence-electron chi connectivity index (χ4n) is 1.96. The van der Waals surface area contributed by atoms with Crippen molar-refractivity contribution in [3.05, 3.63) is 41.5 Å². The number of alkyl halides is 7. The molecule has 8 heteroatoms. The molecule has 1 aromatic rings. The second-order valence-electron chi connectivity index (χ2n) is 4.30. The number of hydrogen-bond donors (Lipinski definition) is 0. The first-order valence-corrected chi connectivity index (χ1v) is 5.27. The number of benzene rings is 1. The highest BCUT2D eigenvalue weighted by Gasteiger charge is 2.80. The van der Waals surface area contributed by atoms with Crippen LogP contribution in [0.25, 0.3) is 6.08 Å². The van der Waals surface area contributed by atoms with Gasteiger partial charge in [0.05, 0.1) is 0 Å². The van der Waals surface area contributed by atoms with E-state index in [0.717, 1.165) is 18.2 Å². The summed E-state index contributed by atoms with van der Waals surface area (Å²) in [6, 6.07) is 4.44. The Kier molecular flexibility index (Phi) is 2.94. The molecule has 0 aromatic heterocycles. The van der Waals surface area contributed by atoms with Crippen molar-refractivity contribution < 1.29 is 35.8 Å². The minimum absolute atomic E-state index is 0.111. The third kappa shape index (κ3) is 1.67. The van der Waals surface area contributed by atoms with Crippen LogP contribution in [0.3, 0.4) is 0 Å². The number of rotatable bonds is 2. The summed E-state index contributed by atoms with van der Waals surface area (Å²) in [7, 11) is 0. The lowest BCUT2D eigenvalue weighted by molar-refractivity contribution is -0.389. The van der Waals surface area contributed by atoms with E-state index in [9.17, 15) is 35.8 Å². The topological polar surface area (TPSA) is 19.9 Å². The molecule has 1 atom stereocenters. The molecule has 0 amide bonds. The Morgan fingerprint density at radius 3 is 2.00 bits per heavy atom. The van der Waals surface area contributed by atoms with Gasteiger partial charge in [-0.05, 0) is 11.6 Å². The van der Waals surface area contributed by atoms with Gasteiger partial charge in [-0.2, -0.15) is 30.7 Å². The van der Waals surface area contributed by atoms with Crippen molar-refractivity contribution in [2.24, 2.45) is 0 Å². The lowest BCUT2D eigenvalue weighted by Crippen LogP contribution is -2.61. The van der Waals surface area contributed by atoms with Crippen LogP contribution in [-0.2, 0) is 10.7 Å². The van der Waals surface area contributed by atoms with E-state index in [1.165, 1.54) is 12.1 Å². The van der Waals surface area contributed by atoms with Gasteiger partial charge in [-0.25, -0.2) is 5.11 Å². The zero-order valence-corrected chi connectivity index (χ0v) is 9.52. The molecule has 0 spiro atoms. The molecule has 1 radical (unpaired) electrons. The van der Waals surface area contributed by atoms with Gasteiger partial charge >= 0.3 is 18.0 Å².